The van der Waals surface area contributed by atoms with Gasteiger partial charge in [-0.3, -0.25) is 0 Å². The lowest BCUT2D eigenvalue weighted by molar-refractivity contribution is -0.253. The van der Waals surface area contributed by atoms with Crippen molar-refractivity contribution in [3.05, 3.63) is 34.4 Å². The number of nitrogens with zero attached hydrogens (tertiary/aromatic N) is 1. The summed E-state index contributed by atoms with van der Waals surface area (Å²) in [6, 6.07) is 3.35. The van der Waals surface area contributed by atoms with Crippen LogP contribution in [0.15, 0.2) is 27.6 Å². The second-order valence-electron chi connectivity index (χ2n) is 13.3. The van der Waals surface area contributed by atoms with Gasteiger partial charge in [0.25, 0.3) is 0 Å². The summed E-state index contributed by atoms with van der Waals surface area (Å²) in [5.41, 5.74) is 4.24. The Morgan fingerprint density at radius 1 is 1.03 bits per heavy atom. The SMILES string of the molecule is CC12CCC(OC(=O)N3CC[C@H](N)C3)CC1(O)CCC1C2CCC2(C)C(c3ccc(=O)oc3)CCC12O. The Morgan fingerprint density at radius 2 is 1.78 bits per heavy atom. The number of aliphatic hydroxyl groups is 2. The van der Waals surface area contributed by atoms with Crippen molar-refractivity contribution in [1.29, 1.82) is 0 Å². The number of rotatable bonds is 2. The largest absolute Gasteiger partial charge is 0.446 e. The number of carbonyl (C=O) groups is 1. The van der Waals surface area contributed by atoms with E-state index in [4.69, 9.17) is 14.9 Å². The fourth-order valence-electron chi connectivity index (χ4n) is 9.55. The molecule has 0 bridgehead atoms. The smallest absolute Gasteiger partial charge is 0.410 e. The molecule has 6 rings (SSSR count). The van der Waals surface area contributed by atoms with Crippen molar-refractivity contribution in [3.8, 4) is 0 Å². The number of amides is 1. The summed E-state index contributed by atoms with van der Waals surface area (Å²) in [5, 5.41) is 24.5. The first-order valence-electron chi connectivity index (χ1n) is 14.2. The Labute approximate surface area is 218 Å². The average molecular weight is 515 g/mol. The molecule has 9 atom stereocenters. The number of carbonyl (C=O) groups excluding carboxylic acids is 1. The number of hydrogen-bond acceptors (Lipinski definition) is 7. The van der Waals surface area contributed by atoms with Gasteiger partial charge in [0.1, 0.15) is 6.10 Å². The minimum Gasteiger partial charge on any atom is -0.446 e. The number of hydrogen-bond donors (Lipinski definition) is 3. The molecule has 204 valence electrons. The Kier molecular flexibility index (Phi) is 5.87. The van der Waals surface area contributed by atoms with Crippen LogP contribution in [-0.2, 0) is 4.74 Å². The van der Waals surface area contributed by atoms with Gasteiger partial charge in [-0.05, 0) is 92.6 Å². The lowest BCUT2D eigenvalue weighted by Gasteiger charge is -2.66. The van der Waals surface area contributed by atoms with Gasteiger partial charge in [-0.15, -0.1) is 0 Å². The van der Waals surface area contributed by atoms with E-state index in [9.17, 15) is 19.8 Å². The standard InChI is InChI=1S/C29H42N2O6/c1-26-10-5-20(37-25(33)31-14-9-19(30)16-31)15-28(26,34)12-7-23-22(26)6-11-27(2)21(8-13-29(23,27)35)18-3-4-24(32)36-17-18/h3-4,17,19-23,34-35H,5-16,30H2,1-2H3/t19-,20?,21?,22?,23?,26?,27?,28?,29?/m0/s1. The topological polar surface area (TPSA) is 126 Å². The van der Waals surface area contributed by atoms with Gasteiger partial charge in [0.15, 0.2) is 0 Å². The second kappa shape index (κ2) is 8.55. The first kappa shape index (κ1) is 25.4. The Hall–Kier alpha value is -1.90. The molecule has 0 aromatic carbocycles. The van der Waals surface area contributed by atoms with Gasteiger partial charge in [0, 0.05) is 37.0 Å². The minimum atomic E-state index is -0.913. The highest BCUT2D eigenvalue weighted by Gasteiger charge is 2.70. The van der Waals surface area contributed by atoms with Crippen LogP contribution in [-0.4, -0.2) is 57.6 Å². The zero-order chi connectivity index (χ0) is 26.2. The van der Waals surface area contributed by atoms with Crippen LogP contribution in [0.1, 0.15) is 89.5 Å². The normalized spacial score (nSPS) is 47.2. The minimum absolute atomic E-state index is 0.0140. The van der Waals surface area contributed by atoms with Crippen molar-refractivity contribution in [2.75, 3.05) is 13.1 Å². The fourth-order valence-corrected chi connectivity index (χ4v) is 9.55. The predicted molar refractivity (Wildman–Crippen MR) is 137 cm³/mol. The molecule has 8 heteroatoms. The molecule has 5 aliphatic rings. The molecule has 1 aromatic rings. The fraction of sp³-hybridized carbons (Fsp3) is 0.793. The van der Waals surface area contributed by atoms with E-state index in [0.29, 0.717) is 25.9 Å². The highest BCUT2D eigenvalue weighted by molar-refractivity contribution is 5.68. The van der Waals surface area contributed by atoms with Crippen LogP contribution < -0.4 is 11.4 Å². The van der Waals surface area contributed by atoms with Gasteiger partial charge in [-0.1, -0.05) is 13.8 Å². The molecule has 1 saturated heterocycles. The van der Waals surface area contributed by atoms with Crippen molar-refractivity contribution >= 4 is 6.09 Å². The molecular formula is C29H42N2O6. The zero-order valence-electron chi connectivity index (χ0n) is 22.2. The van der Waals surface area contributed by atoms with Crippen LogP contribution in [0, 0.1) is 22.7 Å². The second-order valence-corrected chi connectivity index (χ2v) is 13.3. The lowest BCUT2D eigenvalue weighted by Crippen LogP contribution is -2.67. The average Bonchev–Trinajstić information content (AvgIpc) is 3.41. The summed E-state index contributed by atoms with van der Waals surface area (Å²) in [5.74, 6) is 0.470. The van der Waals surface area contributed by atoms with Crippen molar-refractivity contribution in [2.45, 2.75) is 107 Å². The third-order valence-electron chi connectivity index (χ3n) is 11.8. The Morgan fingerprint density at radius 3 is 2.49 bits per heavy atom. The van der Waals surface area contributed by atoms with Gasteiger partial charge >= 0.3 is 11.7 Å². The molecule has 0 spiro atoms. The number of nitrogens with two attached hydrogens (primary N) is 1. The maximum Gasteiger partial charge on any atom is 0.410 e. The van der Waals surface area contributed by atoms with E-state index in [1.807, 2.05) is 6.07 Å². The molecule has 1 amide bonds. The van der Waals surface area contributed by atoms with E-state index in [-0.39, 0.29) is 52.4 Å². The quantitative estimate of drug-likeness (QED) is 0.551. The van der Waals surface area contributed by atoms with E-state index in [0.717, 1.165) is 56.9 Å². The number of ether oxygens (including phenoxy) is 1. The van der Waals surface area contributed by atoms with Crippen molar-refractivity contribution in [1.82, 2.24) is 4.90 Å². The molecular weight excluding hydrogens is 472 g/mol. The Balaban J connectivity index is 1.20. The third kappa shape index (κ3) is 3.65. The molecule has 8 nitrogen and oxygen atoms in total. The number of likely N-dealkylation sites (tertiary alicyclic amines) is 1. The van der Waals surface area contributed by atoms with Crippen LogP contribution >= 0.6 is 0 Å². The van der Waals surface area contributed by atoms with Gasteiger partial charge in [0.2, 0.25) is 0 Å². The Bertz CT molecular complexity index is 1100. The van der Waals surface area contributed by atoms with Crippen LogP contribution in [0.4, 0.5) is 4.79 Å². The summed E-state index contributed by atoms with van der Waals surface area (Å²) in [7, 11) is 0. The van der Waals surface area contributed by atoms with E-state index >= 15 is 0 Å². The molecule has 5 fully saturated rings. The summed E-state index contributed by atoms with van der Waals surface area (Å²) < 4.78 is 11.1. The first-order chi connectivity index (χ1) is 17.5. The van der Waals surface area contributed by atoms with Crippen molar-refractivity contribution < 1.29 is 24.2 Å². The van der Waals surface area contributed by atoms with Gasteiger partial charge in [-0.25, -0.2) is 9.59 Å². The first-order valence-corrected chi connectivity index (χ1v) is 14.2. The van der Waals surface area contributed by atoms with E-state index < -0.39 is 11.2 Å². The molecule has 0 radical (unpaired) electrons. The highest BCUT2D eigenvalue weighted by atomic mass is 16.6. The molecule has 4 N–H and O–H groups in total. The molecule has 4 saturated carbocycles. The monoisotopic (exact) mass is 514 g/mol. The van der Waals surface area contributed by atoms with Crippen molar-refractivity contribution in [3.63, 3.8) is 0 Å². The van der Waals surface area contributed by atoms with Gasteiger partial charge in [-0.2, -0.15) is 0 Å². The highest BCUT2D eigenvalue weighted by Crippen LogP contribution is 2.71. The van der Waals surface area contributed by atoms with Crippen LogP contribution in [0.3, 0.4) is 0 Å². The lowest BCUT2D eigenvalue weighted by atomic mass is 9.42. The molecule has 37 heavy (non-hydrogen) atoms. The molecule has 8 unspecified atom stereocenters. The van der Waals surface area contributed by atoms with Gasteiger partial charge in [0.05, 0.1) is 17.5 Å². The summed E-state index contributed by atoms with van der Waals surface area (Å²) >= 11 is 0. The predicted octanol–water partition coefficient (Wildman–Crippen LogP) is 3.53. The van der Waals surface area contributed by atoms with Crippen LogP contribution in [0.5, 0.6) is 0 Å². The third-order valence-corrected chi connectivity index (χ3v) is 11.8. The zero-order valence-corrected chi connectivity index (χ0v) is 22.2. The van der Waals surface area contributed by atoms with Crippen LogP contribution in [0.2, 0.25) is 0 Å². The molecule has 4 aliphatic carbocycles. The van der Waals surface area contributed by atoms with E-state index in [1.165, 1.54) is 6.07 Å². The molecule has 1 aliphatic heterocycles. The van der Waals surface area contributed by atoms with Crippen molar-refractivity contribution in [2.24, 2.45) is 28.4 Å². The van der Waals surface area contributed by atoms with E-state index in [1.54, 1.807) is 11.2 Å². The van der Waals surface area contributed by atoms with Crippen LogP contribution in [0.25, 0.3) is 0 Å². The number of fused-ring (bicyclic) bond motifs is 5. The van der Waals surface area contributed by atoms with E-state index in [2.05, 4.69) is 13.8 Å². The maximum absolute atomic E-state index is 12.7. The maximum atomic E-state index is 12.7. The molecule has 1 aromatic heterocycles. The summed E-state index contributed by atoms with van der Waals surface area (Å²) in [6.45, 7) is 5.60. The molecule has 2 heterocycles. The van der Waals surface area contributed by atoms with Gasteiger partial charge < -0.3 is 30.0 Å². The summed E-state index contributed by atoms with van der Waals surface area (Å²) in [6.07, 6.45) is 8.52. The summed E-state index contributed by atoms with van der Waals surface area (Å²) in [4.78, 5) is 25.9.